The smallest absolute Gasteiger partial charge is 0.227 e. The van der Waals surface area contributed by atoms with Crippen molar-refractivity contribution < 1.29 is 14.4 Å². The quantitative estimate of drug-likeness (QED) is 0.778. The minimum Gasteiger partial charge on any atom is -0.356 e. The Kier molecular flexibility index (Phi) is 6.17. The Balaban J connectivity index is 1.85. The lowest BCUT2D eigenvalue weighted by Gasteiger charge is -2.20. The van der Waals surface area contributed by atoms with Gasteiger partial charge in [-0.15, -0.1) is 0 Å². The number of carbonyl (C=O) groups is 3. The SMILES string of the molecule is CC(C)(C)C(=O)NCCCC(=O)Nc1ccccc1N1CCCC1=O. The number of para-hydroxylation sites is 2. The predicted molar refractivity (Wildman–Crippen MR) is 98.4 cm³/mol. The third-order valence-electron chi connectivity index (χ3n) is 4.09. The van der Waals surface area contributed by atoms with Gasteiger partial charge in [0.15, 0.2) is 0 Å². The zero-order chi connectivity index (χ0) is 18.4. The molecule has 1 saturated heterocycles. The molecule has 2 N–H and O–H groups in total. The van der Waals surface area contributed by atoms with Gasteiger partial charge in [-0.2, -0.15) is 0 Å². The number of hydrogen-bond acceptors (Lipinski definition) is 3. The van der Waals surface area contributed by atoms with Crippen LogP contribution < -0.4 is 15.5 Å². The summed E-state index contributed by atoms with van der Waals surface area (Å²) in [7, 11) is 0. The van der Waals surface area contributed by atoms with Crippen molar-refractivity contribution in [2.75, 3.05) is 23.3 Å². The number of carbonyl (C=O) groups excluding carboxylic acids is 3. The monoisotopic (exact) mass is 345 g/mol. The van der Waals surface area contributed by atoms with Crippen LogP contribution in [0.5, 0.6) is 0 Å². The van der Waals surface area contributed by atoms with E-state index in [2.05, 4.69) is 10.6 Å². The van der Waals surface area contributed by atoms with Crippen LogP contribution in [-0.4, -0.2) is 30.8 Å². The first-order valence-electron chi connectivity index (χ1n) is 8.76. The van der Waals surface area contributed by atoms with Crippen LogP contribution >= 0.6 is 0 Å². The summed E-state index contributed by atoms with van der Waals surface area (Å²) in [4.78, 5) is 37.6. The van der Waals surface area contributed by atoms with E-state index in [9.17, 15) is 14.4 Å². The number of nitrogens with zero attached hydrogens (tertiary/aromatic N) is 1. The van der Waals surface area contributed by atoms with E-state index in [0.29, 0.717) is 38.0 Å². The highest BCUT2D eigenvalue weighted by atomic mass is 16.2. The first-order chi connectivity index (χ1) is 11.8. The Morgan fingerprint density at radius 2 is 1.92 bits per heavy atom. The van der Waals surface area contributed by atoms with E-state index in [4.69, 9.17) is 0 Å². The van der Waals surface area contributed by atoms with Crippen molar-refractivity contribution in [1.29, 1.82) is 0 Å². The van der Waals surface area contributed by atoms with E-state index in [1.807, 2.05) is 39.0 Å². The molecule has 0 atom stereocenters. The highest BCUT2D eigenvalue weighted by Crippen LogP contribution is 2.29. The summed E-state index contributed by atoms with van der Waals surface area (Å²) < 4.78 is 0. The minimum absolute atomic E-state index is 0.0224. The Labute approximate surface area is 149 Å². The third kappa shape index (κ3) is 5.31. The summed E-state index contributed by atoms with van der Waals surface area (Å²) in [6.45, 7) is 6.71. The molecule has 0 radical (unpaired) electrons. The Hall–Kier alpha value is -2.37. The van der Waals surface area contributed by atoms with Gasteiger partial charge in [-0.25, -0.2) is 0 Å². The molecule has 0 aliphatic carbocycles. The number of hydrogen-bond donors (Lipinski definition) is 2. The molecule has 25 heavy (non-hydrogen) atoms. The minimum atomic E-state index is -0.427. The predicted octanol–water partition coefficient (Wildman–Crippen LogP) is 2.69. The molecule has 1 aliphatic rings. The summed E-state index contributed by atoms with van der Waals surface area (Å²) in [6, 6.07) is 7.35. The standard InChI is InChI=1S/C19H27N3O3/c1-19(2,3)18(25)20-12-6-10-16(23)21-14-8-4-5-9-15(14)22-13-7-11-17(22)24/h4-5,8-9H,6-7,10-13H2,1-3H3,(H,20,25)(H,21,23). The molecule has 1 aromatic carbocycles. The lowest BCUT2D eigenvalue weighted by atomic mass is 9.96. The van der Waals surface area contributed by atoms with Crippen LogP contribution in [0.15, 0.2) is 24.3 Å². The fourth-order valence-corrected chi connectivity index (χ4v) is 2.65. The van der Waals surface area contributed by atoms with Crippen LogP contribution in [0.2, 0.25) is 0 Å². The van der Waals surface area contributed by atoms with Crippen molar-refractivity contribution in [3.8, 4) is 0 Å². The average molecular weight is 345 g/mol. The van der Waals surface area contributed by atoms with Crippen molar-refractivity contribution in [2.24, 2.45) is 5.41 Å². The van der Waals surface area contributed by atoms with Gasteiger partial charge >= 0.3 is 0 Å². The third-order valence-corrected chi connectivity index (χ3v) is 4.09. The number of nitrogens with one attached hydrogen (secondary N) is 2. The Bertz CT molecular complexity index is 650. The van der Waals surface area contributed by atoms with E-state index in [0.717, 1.165) is 12.1 Å². The lowest BCUT2D eigenvalue weighted by molar-refractivity contribution is -0.128. The number of rotatable bonds is 6. The second-order valence-electron chi connectivity index (χ2n) is 7.32. The molecule has 1 fully saturated rings. The van der Waals surface area contributed by atoms with Crippen molar-refractivity contribution >= 4 is 29.1 Å². The number of anilines is 2. The van der Waals surface area contributed by atoms with Gasteiger partial charge in [0.2, 0.25) is 17.7 Å². The summed E-state index contributed by atoms with van der Waals surface area (Å²) in [5.41, 5.74) is 0.976. The second kappa shape index (κ2) is 8.14. The van der Waals surface area contributed by atoms with E-state index < -0.39 is 5.41 Å². The first kappa shape index (κ1) is 19.0. The van der Waals surface area contributed by atoms with Gasteiger partial charge in [0.1, 0.15) is 0 Å². The molecule has 2 rings (SSSR count). The molecule has 1 heterocycles. The molecule has 1 aliphatic heterocycles. The van der Waals surface area contributed by atoms with E-state index in [-0.39, 0.29) is 17.7 Å². The first-order valence-corrected chi connectivity index (χ1v) is 8.76. The van der Waals surface area contributed by atoms with Gasteiger partial charge in [0, 0.05) is 31.3 Å². The molecular weight excluding hydrogens is 318 g/mol. The summed E-state index contributed by atoms with van der Waals surface area (Å²) in [5.74, 6) is -0.0542. The molecule has 0 bridgehead atoms. The van der Waals surface area contributed by atoms with E-state index in [1.54, 1.807) is 11.0 Å². The average Bonchev–Trinajstić information content (AvgIpc) is 2.97. The van der Waals surface area contributed by atoms with E-state index >= 15 is 0 Å². The molecule has 0 unspecified atom stereocenters. The van der Waals surface area contributed by atoms with Crippen molar-refractivity contribution in [3.05, 3.63) is 24.3 Å². The number of amides is 3. The van der Waals surface area contributed by atoms with Gasteiger partial charge in [0.25, 0.3) is 0 Å². The molecule has 6 nitrogen and oxygen atoms in total. The maximum Gasteiger partial charge on any atom is 0.227 e. The van der Waals surface area contributed by atoms with Crippen LogP contribution in [0.1, 0.15) is 46.5 Å². The fourth-order valence-electron chi connectivity index (χ4n) is 2.65. The maximum atomic E-state index is 12.2. The van der Waals surface area contributed by atoms with Crippen LogP contribution in [0, 0.1) is 5.41 Å². The highest BCUT2D eigenvalue weighted by Gasteiger charge is 2.24. The molecular formula is C19H27N3O3. The Morgan fingerprint density at radius 3 is 2.56 bits per heavy atom. The fraction of sp³-hybridized carbons (Fsp3) is 0.526. The van der Waals surface area contributed by atoms with Crippen molar-refractivity contribution in [2.45, 2.75) is 46.5 Å². The van der Waals surface area contributed by atoms with Crippen LogP contribution in [-0.2, 0) is 14.4 Å². The van der Waals surface area contributed by atoms with Crippen molar-refractivity contribution in [3.63, 3.8) is 0 Å². The van der Waals surface area contributed by atoms with Gasteiger partial charge in [-0.05, 0) is 25.0 Å². The topological polar surface area (TPSA) is 78.5 Å². The van der Waals surface area contributed by atoms with Crippen LogP contribution in [0.25, 0.3) is 0 Å². The van der Waals surface area contributed by atoms with E-state index in [1.165, 1.54) is 0 Å². The largest absolute Gasteiger partial charge is 0.356 e. The molecule has 6 heteroatoms. The van der Waals surface area contributed by atoms with Gasteiger partial charge in [-0.1, -0.05) is 32.9 Å². The van der Waals surface area contributed by atoms with Crippen LogP contribution in [0.4, 0.5) is 11.4 Å². The Morgan fingerprint density at radius 1 is 1.20 bits per heavy atom. The zero-order valence-corrected chi connectivity index (χ0v) is 15.2. The zero-order valence-electron chi connectivity index (χ0n) is 15.2. The molecule has 0 saturated carbocycles. The second-order valence-corrected chi connectivity index (χ2v) is 7.32. The summed E-state index contributed by atoms with van der Waals surface area (Å²) in [6.07, 6.45) is 2.27. The van der Waals surface area contributed by atoms with Crippen LogP contribution in [0.3, 0.4) is 0 Å². The summed E-state index contributed by atoms with van der Waals surface area (Å²) >= 11 is 0. The highest BCUT2D eigenvalue weighted by molar-refractivity contribution is 6.02. The normalized spacial score (nSPS) is 14.5. The van der Waals surface area contributed by atoms with Gasteiger partial charge in [0.05, 0.1) is 11.4 Å². The maximum absolute atomic E-state index is 12.2. The summed E-state index contributed by atoms with van der Waals surface area (Å²) in [5, 5.41) is 5.71. The van der Waals surface area contributed by atoms with Gasteiger partial charge in [-0.3, -0.25) is 14.4 Å². The molecule has 0 spiro atoms. The number of benzene rings is 1. The molecule has 3 amide bonds. The lowest BCUT2D eigenvalue weighted by Crippen LogP contribution is -2.35. The molecule has 1 aromatic rings. The van der Waals surface area contributed by atoms with Crippen molar-refractivity contribution in [1.82, 2.24) is 5.32 Å². The van der Waals surface area contributed by atoms with Gasteiger partial charge < -0.3 is 15.5 Å². The molecule has 0 aromatic heterocycles. The molecule has 136 valence electrons.